The molecule has 1 heterocycles. The highest BCUT2D eigenvalue weighted by molar-refractivity contribution is 8.26. The Morgan fingerprint density at radius 1 is 1.44 bits per heavy atom. The number of nitrogens with zero attached hydrogens (tertiary/aromatic N) is 2. The van der Waals surface area contributed by atoms with Gasteiger partial charge in [0.25, 0.3) is 5.91 Å². The molecule has 0 spiro atoms. The molecule has 1 aliphatic heterocycles. The van der Waals surface area contributed by atoms with E-state index < -0.39 is 0 Å². The summed E-state index contributed by atoms with van der Waals surface area (Å²) in [6, 6.07) is 7.25. The number of halogens is 1. The highest BCUT2D eigenvalue weighted by Crippen LogP contribution is 2.33. The first-order valence-corrected chi connectivity index (χ1v) is 9.46. The van der Waals surface area contributed by atoms with Crippen LogP contribution in [0.4, 0.5) is 0 Å². The van der Waals surface area contributed by atoms with Gasteiger partial charge in [-0.25, -0.2) is 0 Å². The molecule has 0 bridgehead atoms. The summed E-state index contributed by atoms with van der Waals surface area (Å²) < 4.78 is 0.432. The fourth-order valence-corrected chi connectivity index (χ4v) is 3.86. The largest absolute Gasteiger partial charge is 0.395 e. The number of aliphatic hydroxyl groups is 1. The molecule has 25 heavy (non-hydrogen) atoms. The number of thioether (sulfide) groups is 1. The predicted molar refractivity (Wildman–Crippen MR) is 105 cm³/mol. The number of carbonyl (C=O) groups is 2. The number of rotatable bonds is 7. The molecule has 1 saturated heterocycles. The first-order valence-electron chi connectivity index (χ1n) is 7.86. The van der Waals surface area contributed by atoms with Gasteiger partial charge in [-0.2, -0.15) is 0 Å². The summed E-state index contributed by atoms with van der Waals surface area (Å²) in [6.45, 7) is 2.80. The molecule has 5 nitrogen and oxygen atoms in total. The van der Waals surface area contributed by atoms with E-state index in [1.165, 1.54) is 16.7 Å². The van der Waals surface area contributed by atoms with Crippen molar-refractivity contribution in [1.82, 2.24) is 9.80 Å². The van der Waals surface area contributed by atoms with Crippen molar-refractivity contribution in [3.05, 3.63) is 39.8 Å². The molecular formula is C17H19ClN2O3S2. The van der Waals surface area contributed by atoms with Gasteiger partial charge in [0.1, 0.15) is 4.32 Å². The van der Waals surface area contributed by atoms with Crippen molar-refractivity contribution >= 4 is 57.8 Å². The van der Waals surface area contributed by atoms with Crippen LogP contribution in [0.25, 0.3) is 6.08 Å². The lowest BCUT2D eigenvalue weighted by atomic mass is 10.2. The van der Waals surface area contributed by atoms with Crippen LogP contribution in [-0.4, -0.2) is 57.3 Å². The number of likely N-dealkylation sites (N-methyl/N-ethyl adjacent to an activating group) is 1. The van der Waals surface area contributed by atoms with Crippen molar-refractivity contribution in [1.29, 1.82) is 0 Å². The second-order valence-corrected chi connectivity index (χ2v) is 7.38. The number of hydrogen-bond acceptors (Lipinski definition) is 5. The quantitative estimate of drug-likeness (QED) is 0.565. The Morgan fingerprint density at radius 3 is 2.80 bits per heavy atom. The summed E-state index contributed by atoms with van der Waals surface area (Å²) in [7, 11) is 0. The van der Waals surface area contributed by atoms with Crippen LogP contribution in [0.15, 0.2) is 29.2 Å². The molecule has 2 rings (SSSR count). The average Bonchev–Trinajstić information content (AvgIpc) is 2.86. The average molecular weight is 399 g/mol. The maximum Gasteiger partial charge on any atom is 0.266 e. The van der Waals surface area contributed by atoms with Gasteiger partial charge in [0, 0.05) is 31.1 Å². The van der Waals surface area contributed by atoms with Crippen LogP contribution in [-0.2, 0) is 9.59 Å². The van der Waals surface area contributed by atoms with E-state index in [0.29, 0.717) is 27.3 Å². The Labute approximate surface area is 161 Å². The van der Waals surface area contributed by atoms with Gasteiger partial charge >= 0.3 is 0 Å². The van der Waals surface area contributed by atoms with E-state index in [1.807, 2.05) is 25.1 Å². The minimum Gasteiger partial charge on any atom is -0.395 e. The van der Waals surface area contributed by atoms with Gasteiger partial charge in [0.15, 0.2) is 0 Å². The normalized spacial score (nSPS) is 16.0. The smallest absolute Gasteiger partial charge is 0.266 e. The van der Waals surface area contributed by atoms with Crippen LogP contribution >= 0.6 is 35.6 Å². The lowest BCUT2D eigenvalue weighted by molar-refractivity contribution is -0.132. The molecule has 2 amide bonds. The number of amides is 2. The van der Waals surface area contributed by atoms with E-state index in [1.54, 1.807) is 17.0 Å². The molecule has 134 valence electrons. The molecule has 0 aromatic heterocycles. The maximum absolute atomic E-state index is 12.6. The molecule has 0 atom stereocenters. The number of carbonyl (C=O) groups excluding carboxylic acids is 2. The fourth-order valence-electron chi connectivity index (χ4n) is 2.37. The Balaban J connectivity index is 2.04. The van der Waals surface area contributed by atoms with Gasteiger partial charge in [-0.15, -0.1) is 0 Å². The Morgan fingerprint density at radius 2 is 2.16 bits per heavy atom. The van der Waals surface area contributed by atoms with Gasteiger partial charge in [0.05, 0.1) is 11.5 Å². The van der Waals surface area contributed by atoms with Crippen LogP contribution in [0.1, 0.15) is 18.9 Å². The molecule has 1 aliphatic rings. The summed E-state index contributed by atoms with van der Waals surface area (Å²) in [4.78, 5) is 28.2. The van der Waals surface area contributed by atoms with Gasteiger partial charge in [-0.3, -0.25) is 14.5 Å². The number of benzene rings is 1. The zero-order chi connectivity index (χ0) is 18.4. The van der Waals surface area contributed by atoms with E-state index in [4.69, 9.17) is 28.9 Å². The van der Waals surface area contributed by atoms with Crippen molar-refractivity contribution in [3.63, 3.8) is 0 Å². The molecule has 1 aromatic carbocycles. The summed E-state index contributed by atoms with van der Waals surface area (Å²) in [5, 5.41) is 9.54. The van der Waals surface area contributed by atoms with Crippen molar-refractivity contribution in [2.24, 2.45) is 0 Å². The van der Waals surface area contributed by atoms with E-state index in [2.05, 4.69) is 0 Å². The molecule has 0 unspecified atom stereocenters. The first-order chi connectivity index (χ1) is 12.0. The number of aliphatic hydroxyl groups excluding tert-OH is 1. The first kappa shape index (κ1) is 19.9. The van der Waals surface area contributed by atoms with Crippen LogP contribution in [0.2, 0.25) is 5.02 Å². The third-order valence-electron chi connectivity index (χ3n) is 3.72. The molecule has 1 aromatic rings. The Hall–Kier alpha value is -1.41. The van der Waals surface area contributed by atoms with E-state index >= 15 is 0 Å². The van der Waals surface area contributed by atoms with Crippen molar-refractivity contribution in [2.45, 2.75) is 13.3 Å². The standard InChI is InChI=1S/C17H19ClN2O3S2/c1-2-19(9-10-21)15(22)7-8-20-16(23)14(25-17(20)24)11-12-5-3-4-6-13(12)18/h3-6,11,21H,2,7-10H2,1H3. The van der Waals surface area contributed by atoms with Gasteiger partial charge < -0.3 is 10.0 Å². The Kier molecular flexibility index (Phi) is 7.43. The third kappa shape index (κ3) is 5.04. The SMILES string of the molecule is CCN(CCO)C(=O)CCN1C(=O)C(=Cc2ccccc2Cl)SC1=S. The fraction of sp³-hybridized carbons (Fsp3) is 0.353. The monoisotopic (exact) mass is 398 g/mol. The molecule has 8 heteroatoms. The van der Waals surface area contributed by atoms with Crippen LogP contribution < -0.4 is 0 Å². The predicted octanol–water partition coefficient (Wildman–Crippen LogP) is 2.77. The highest BCUT2D eigenvalue weighted by Gasteiger charge is 2.32. The minimum atomic E-state index is -0.215. The van der Waals surface area contributed by atoms with E-state index in [0.717, 1.165) is 5.56 Å². The third-order valence-corrected chi connectivity index (χ3v) is 5.44. The van der Waals surface area contributed by atoms with Gasteiger partial charge in [0.2, 0.25) is 5.91 Å². The highest BCUT2D eigenvalue weighted by atomic mass is 35.5. The summed E-state index contributed by atoms with van der Waals surface area (Å²) in [6.07, 6.45) is 1.88. The van der Waals surface area contributed by atoms with Gasteiger partial charge in [-0.1, -0.05) is 53.8 Å². The van der Waals surface area contributed by atoms with Crippen molar-refractivity contribution in [2.75, 3.05) is 26.2 Å². The number of hydrogen-bond donors (Lipinski definition) is 1. The second-order valence-electron chi connectivity index (χ2n) is 5.30. The summed E-state index contributed by atoms with van der Waals surface area (Å²) in [5.74, 6) is -0.325. The van der Waals surface area contributed by atoms with Crippen LogP contribution in [0.3, 0.4) is 0 Å². The maximum atomic E-state index is 12.6. The topological polar surface area (TPSA) is 60.9 Å². The molecular weight excluding hydrogens is 380 g/mol. The number of thiocarbonyl (C=S) groups is 1. The zero-order valence-corrected chi connectivity index (χ0v) is 16.2. The lowest BCUT2D eigenvalue weighted by Gasteiger charge is -2.21. The van der Waals surface area contributed by atoms with E-state index in [9.17, 15) is 9.59 Å². The molecule has 0 radical (unpaired) electrons. The Bertz CT molecular complexity index is 709. The van der Waals surface area contributed by atoms with E-state index in [-0.39, 0.29) is 31.4 Å². The van der Waals surface area contributed by atoms with Crippen LogP contribution in [0.5, 0.6) is 0 Å². The van der Waals surface area contributed by atoms with Crippen molar-refractivity contribution in [3.8, 4) is 0 Å². The van der Waals surface area contributed by atoms with Crippen LogP contribution in [0, 0.1) is 0 Å². The summed E-state index contributed by atoms with van der Waals surface area (Å²) in [5.41, 5.74) is 0.751. The van der Waals surface area contributed by atoms with Gasteiger partial charge in [-0.05, 0) is 24.6 Å². The zero-order valence-electron chi connectivity index (χ0n) is 13.8. The minimum absolute atomic E-state index is 0.0821. The molecule has 1 N–H and O–H groups in total. The van der Waals surface area contributed by atoms with Crippen molar-refractivity contribution < 1.29 is 14.7 Å². The molecule has 0 saturated carbocycles. The molecule has 1 fully saturated rings. The summed E-state index contributed by atoms with van der Waals surface area (Å²) >= 11 is 12.6. The molecule has 0 aliphatic carbocycles. The lowest BCUT2D eigenvalue weighted by Crippen LogP contribution is -2.37. The second kappa shape index (κ2) is 9.33.